The maximum atomic E-state index is 8.65. The zero-order chi connectivity index (χ0) is 12.1. The standard InChI is InChI=1S/C12H15NO4/c1-15-10-5-2-4-9(8-13-14)11(10)12-16-6-3-7-17-12/h2,4-5,8,12,14H,3,6-7H2,1H3/b13-8+. The Kier molecular flexibility index (Phi) is 3.95. The molecule has 0 spiro atoms. The molecule has 2 rings (SSSR count). The van der Waals surface area contributed by atoms with Gasteiger partial charge in [-0.25, -0.2) is 0 Å². The summed E-state index contributed by atoms with van der Waals surface area (Å²) >= 11 is 0. The topological polar surface area (TPSA) is 60.3 Å². The molecule has 17 heavy (non-hydrogen) atoms. The molecule has 0 atom stereocenters. The van der Waals surface area contributed by atoms with Gasteiger partial charge in [0, 0.05) is 5.56 Å². The Labute approximate surface area is 99.6 Å². The molecule has 0 radical (unpaired) electrons. The largest absolute Gasteiger partial charge is 0.496 e. The van der Waals surface area contributed by atoms with E-state index in [2.05, 4.69) is 5.16 Å². The summed E-state index contributed by atoms with van der Waals surface area (Å²) in [4.78, 5) is 0. The van der Waals surface area contributed by atoms with Gasteiger partial charge in [0.25, 0.3) is 0 Å². The van der Waals surface area contributed by atoms with Crippen LogP contribution in [-0.2, 0) is 9.47 Å². The summed E-state index contributed by atoms with van der Waals surface area (Å²) in [5, 5.41) is 11.7. The van der Waals surface area contributed by atoms with E-state index in [1.165, 1.54) is 6.21 Å². The van der Waals surface area contributed by atoms with Crippen LogP contribution >= 0.6 is 0 Å². The van der Waals surface area contributed by atoms with Crippen molar-refractivity contribution in [1.29, 1.82) is 0 Å². The molecule has 1 heterocycles. The smallest absolute Gasteiger partial charge is 0.187 e. The lowest BCUT2D eigenvalue weighted by Gasteiger charge is -2.26. The van der Waals surface area contributed by atoms with E-state index in [0.29, 0.717) is 19.0 Å². The fraction of sp³-hybridized carbons (Fsp3) is 0.417. The summed E-state index contributed by atoms with van der Waals surface area (Å²) in [6.45, 7) is 1.30. The summed E-state index contributed by atoms with van der Waals surface area (Å²) in [5.74, 6) is 0.661. The highest BCUT2D eigenvalue weighted by molar-refractivity contribution is 5.82. The average molecular weight is 237 g/mol. The number of rotatable bonds is 3. The van der Waals surface area contributed by atoms with Crippen molar-refractivity contribution in [3.63, 3.8) is 0 Å². The van der Waals surface area contributed by atoms with Crippen molar-refractivity contribution in [2.45, 2.75) is 12.7 Å². The second-order valence-corrected chi connectivity index (χ2v) is 3.63. The van der Waals surface area contributed by atoms with Crippen molar-refractivity contribution in [3.05, 3.63) is 29.3 Å². The highest BCUT2D eigenvalue weighted by Gasteiger charge is 2.23. The monoisotopic (exact) mass is 237 g/mol. The zero-order valence-electron chi connectivity index (χ0n) is 9.63. The second kappa shape index (κ2) is 5.65. The first kappa shape index (κ1) is 11.9. The number of methoxy groups -OCH3 is 1. The van der Waals surface area contributed by atoms with Crippen molar-refractivity contribution in [1.82, 2.24) is 0 Å². The van der Waals surface area contributed by atoms with Gasteiger partial charge in [-0.3, -0.25) is 0 Å². The number of oxime groups is 1. The van der Waals surface area contributed by atoms with E-state index in [1.807, 2.05) is 18.2 Å². The third-order valence-corrected chi connectivity index (χ3v) is 2.58. The van der Waals surface area contributed by atoms with Crippen LogP contribution in [0, 0.1) is 0 Å². The minimum atomic E-state index is -0.465. The molecule has 1 aliphatic heterocycles. The lowest BCUT2D eigenvalue weighted by molar-refractivity contribution is -0.183. The van der Waals surface area contributed by atoms with Gasteiger partial charge in [0.2, 0.25) is 0 Å². The van der Waals surface area contributed by atoms with E-state index in [9.17, 15) is 0 Å². The van der Waals surface area contributed by atoms with Gasteiger partial charge >= 0.3 is 0 Å². The molecule has 92 valence electrons. The van der Waals surface area contributed by atoms with Crippen molar-refractivity contribution in [3.8, 4) is 5.75 Å². The Hall–Kier alpha value is -1.59. The predicted molar refractivity (Wildman–Crippen MR) is 61.6 cm³/mol. The number of benzene rings is 1. The Morgan fingerprint density at radius 2 is 2.18 bits per heavy atom. The maximum absolute atomic E-state index is 8.65. The van der Waals surface area contributed by atoms with Crippen LogP contribution in [0.25, 0.3) is 0 Å². The predicted octanol–water partition coefficient (Wildman–Crippen LogP) is 1.94. The third kappa shape index (κ3) is 2.57. The van der Waals surface area contributed by atoms with Gasteiger partial charge in [0.1, 0.15) is 5.75 Å². The van der Waals surface area contributed by atoms with Gasteiger partial charge in [-0.2, -0.15) is 0 Å². The minimum absolute atomic E-state index is 0.465. The number of hydrogen-bond acceptors (Lipinski definition) is 5. The Balaban J connectivity index is 2.39. The first-order valence-corrected chi connectivity index (χ1v) is 5.44. The summed E-state index contributed by atoms with van der Waals surface area (Å²) in [7, 11) is 1.58. The van der Waals surface area contributed by atoms with Crippen molar-refractivity contribution < 1.29 is 19.4 Å². The quantitative estimate of drug-likeness (QED) is 0.496. The summed E-state index contributed by atoms with van der Waals surface area (Å²) in [5.41, 5.74) is 1.48. The van der Waals surface area contributed by atoms with Gasteiger partial charge in [0.05, 0.1) is 32.1 Å². The number of nitrogens with zero attached hydrogens (tertiary/aromatic N) is 1. The fourth-order valence-corrected chi connectivity index (χ4v) is 1.82. The van der Waals surface area contributed by atoms with Gasteiger partial charge in [-0.15, -0.1) is 0 Å². The molecule has 1 saturated heterocycles. The summed E-state index contributed by atoms with van der Waals surface area (Å²) < 4.78 is 16.4. The number of hydrogen-bond donors (Lipinski definition) is 1. The SMILES string of the molecule is COc1cccc(/C=N/O)c1C1OCCCO1. The van der Waals surface area contributed by atoms with E-state index >= 15 is 0 Å². The molecule has 0 unspecified atom stereocenters. The van der Waals surface area contributed by atoms with E-state index < -0.39 is 6.29 Å². The molecule has 0 amide bonds. The molecule has 1 N–H and O–H groups in total. The first-order valence-electron chi connectivity index (χ1n) is 5.44. The van der Waals surface area contributed by atoms with Gasteiger partial charge < -0.3 is 19.4 Å². The van der Waals surface area contributed by atoms with E-state index in [-0.39, 0.29) is 0 Å². The second-order valence-electron chi connectivity index (χ2n) is 3.63. The molecular weight excluding hydrogens is 222 g/mol. The van der Waals surface area contributed by atoms with Crippen LogP contribution in [-0.4, -0.2) is 31.7 Å². The molecule has 1 aromatic carbocycles. The Morgan fingerprint density at radius 3 is 2.82 bits per heavy atom. The molecule has 0 bridgehead atoms. The number of ether oxygens (including phenoxy) is 3. The molecule has 5 nitrogen and oxygen atoms in total. The van der Waals surface area contributed by atoms with Crippen LogP contribution in [0.1, 0.15) is 23.8 Å². The molecule has 5 heteroatoms. The fourth-order valence-electron chi connectivity index (χ4n) is 1.82. The molecule has 0 aliphatic carbocycles. The molecular formula is C12H15NO4. The highest BCUT2D eigenvalue weighted by Crippen LogP contribution is 2.32. The van der Waals surface area contributed by atoms with Crippen LogP contribution < -0.4 is 4.74 Å². The molecule has 0 saturated carbocycles. The van der Waals surface area contributed by atoms with Crippen LogP contribution in [0.2, 0.25) is 0 Å². The van der Waals surface area contributed by atoms with Crippen molar-refractivity contribution in [2.75, 3.05) is 20.3 Å². The van der Waals surface area contributed by atoms with E-state index in [1.54, 1.807) is 7.11 Å². The summed E-state index contributed by atoms with van der Waals surface area (Å²) in [6.07, 6.45) is 1.77. The lowest BCUT2D eigenvalue weighted by Crippen LogP contribution is -2.19. The third-order valence-electron chi connectivity index (χ3n) is 2.58. The van der Waals surface area contributed by atoms with Gasteiger partial charge in [0.15, 0.2) is 6.29 Å². The zero-order valence-corrected chi connectivity index (χ0v) is 9.63. The Bertz CT molecular complexity index is 399. The first-order chi connectivity index (χ1) is 8.36. The molecule has 1 fully saturated rings. The normalized spacial score (nSPS) is 17.5. The molecule has 1 aliphatic rings. The van der Waals surface area contributed by atoms with E-state index in [0.717, 1.165) is 17.5 Å². The van der Waals surface area contributed by atoms with Crippen molar-refractivity contribution in [2.24, 2.45) is 5.16 Å². The lowest BCUT2D eigenvalue weighted by atomic mass is 10.1. The maximum Gasteiger partial charge on any atom is 0.187 e. The van der Waals surface area contributed by atoms with Crippen LogP contribution in [0.4, 0.5) is 0 Å². The molecule has 0 aromatic heterocycles. The Morgan fingerprint density at radius 1 is 1.41 bits per heavy atom. The van der Waals surface area contributed by atoms with Gasteiger partial charge in [-0.1, -0.05) is 17.3 Å². The van der Waals surface area contributed by atoms with Crippen LogP contribution in [0.15, 0.2) is 23.4 Å². The minimum Gasteiger partial charge on any atom is -0.496 e. The van der Waals surface area contributed by atoms with Gasteiger partial charge in [-0.05, 0) is 12.5 Å². The van der Waals surface area contributed by atoms with E-state index in [4.69, 9.17) is 19.4 Å². The van der Waals surface area contributed by atoms with Crippen molar-refractivity contribution >= 4 is 6.21 Å². The average Bonchev–Trinajstić information content (AvgIpc) is 2.40. The summed E-state index contributed by atoms with van der Waals surface area (Å²) in [6, 6.07) is 5.46. The molecule has 1 aromatic rings. The van der Waals surface area contributed by atoms with Crippen LogP contribution in [0.5, 0.6) is 5.75 Å². The highest BCUT2D eigenvalue weighted by atomic mass is 16.7. The van der Waals surface area contributed by atoms with Crippen LogP contribution in [0.3, 0.4) is 0 Å².